The summed E-state index contributed by atoms with van der Waals surface area (Å²) >= 11 is 0. The van der Waals surface area contributed by atoms with E-state index in [9.17, 15) is 0 Å². The van der Waals surface area contributed by atoms with Crippen LogP contribution < -0.4 is 5.73 Å². The quantitative estimate of drug-likeness (QED) is 0.794. The fourth-order valence-electron chi connectivity index (χ4n) is 3.36. The van der Waals surface area contributed by atoms with Crippen molar-refractivity contribution >= 4 is 0 Å². The molecule has 0 amide bonds. The van der Waals surface area contributed by atoms with E-state index in [0.717, 1.165) is 38.6 Å². The van der Waals surface area contributed by atoms with Gasteiger partial charge in [-0.3, -0.25) is 4.90 Å². The molecule has 2 fully saturated rings. The van der Waals surface area contributed by atoms with E-state index < -0.39 is 0 Å². The highest BCUT2D eigenvalue weighted by Crippen LogP contribution is 2.34. The topological polar surface area (TPSA) is 47.7 Å². The van der Waals surface area contributed by atoms with Gasteiger partial charge >= 0.3 is 0 Å². The molecule has 0 aromatic heterocycles. The molecule has 0 bridgehead atoms. The number of rotatable bonds is 4. The highest BCUT2D eigenvalue weighted by Gasteiger charge is 2.45. The molecular formula is C13H26N2O2. The van der Waals surface area contributed by atoms with E-state index in [-0.39, 0.29) is 11.6 Å². The Morgan fingerprint density at radius 2 is 2.12 bits per heavy atom. The first-order valence-corrected chi connectivity index (χ1v) is 6.78. The second kappa shape index (κ2) is 5.65. The average molecular weight is 242 g/mol. The molecule has 2 unspecified atom stereocenters. The second-order valence-corrected chi connectivity index (χ2v) is 5.46. The van der Waals surface area contributed by atoms with E-state index in [2.05, 4.69) is 11.8 Å². The molecule has 0 saturated carbocycles. The van der Waals surface area contributed by atoms with Crippen LogP contribution in [0, 0.1) is 5.92 Å². The van der Waals surface area contributed by atoms with Gasteiger partial charge in [0, 0.05) is 26.9 Å². The molecule has 0 aromatic rings. The maximum absolute atomic E-state index is 6.04. The lowest BCUT2D eigenvalue weighted by molar-refractivity contribution is -0.0111. The van der Waals surface area contributed by atoms with Crippen molar-refractivity contribution in [1.29, 1.82) is 0 Å². The third-order valence-electron chi connectivity index (χ3n) is 4.66. The average Bonchev–Trinajstić information content (AvgIpc) is 2.73. The van der Waals surface area contributed by atoms with Crippen LogP contribution in [0.2, 0.25) is 0 Å². The van der Waals surface area contributed by atoms with Gasteiger partial charge in [-0.05, 0) is 45.2 Å². The summed E-state index contributed by atoms with van der Waals surface area (Å²) in [4.78, 5) is 2.57. The molecule has 2 aliphatic heterocycles. The standard InChI is InChI=1S/C13H26N2O2/c1-11-13(10-14,5-8-17-11)15-6-3-12(4-7-15)9-16-2/h11-12H,3-10,14H2,1-2H3. The lowest BCUT2D eigenvalue weighted by Gasteiger charge is -2.46. The number of nitrogens with zero attached hydrogens (tertiary/aromatic N) is 1. The van der Waals surface area contributed by atoms with Crippen molar-refractivity contribution in [1.82, 2.24) is 4.90 Å². The van der Waals surface area contributed by atoms with Crippen molar-refractivity contribution in [2.24, 2.45) is 11.7 Å². The fraction of sp³-hybridized carbons (Fsp3) is 1.00. The molecule has 4 nitrogen and oxygen atoms in total. The van der Waals surface area contributed by atoms with E-state index >= 15 is 0 Å². The van der Waals surface area contributed by atoms with E-state index in [0.29, 0.717) is 6.54 Å². The Balaban J connectivity index is 1.94. The molecule has 2 rings (SSSR count). The lowest BCUT2D eigenvalue weighted by Crippen LogP contribution is -2.60. The van der Waals surface area contributed by atoms with Crippen LogP contribution in [0.25, 0.3) is 0 Å². The lowest BCUT2D eigenvalue weighted by atomic mass is 9.86. The molecule has 4 heteroatoms. The van der Waals surface area contributed by atoms with Crippen LogP contribution in [0.3, 0.4) is 0 Å². The van der Waals surface area contributed by atoms with Crippen LogP contribution in [0.5, 0.6) is 0 Å². The number of likely N-dealkylation sites (tertiary alicyclic amines) is 1. The van der Waals surface area contributed by atoms with Gasteiger partial charge in [0.25, 0.3) is 0 Å². The Bertz CT molecular complexity index is 242. The maximum atomic E-state index is 6.04. The van der Waals surface area contributed by atoms with Crippen LogP contribution in [0.1, 0.15) is 26.2 Å². The normalized spacial score (nSPS) is 36.5. The first-order valence-electron chi connectivity index (χ1n) is 6.78. The highest BCUT2D eigenvalue weighted by atomic mass is 16.5. The molecule has 2 saturated heterocycles. The number of hydrogen-bond donors (Lipinski definition) is 1. The molecule has 0 spiro atoms. The van der Waals surface area contributed by atoms with Gasteiger partial charge in [0.2, 0.25) is 0 Å². The number of hydrogen-bond acceptors (Lipinski definition) is 4. The summed E-state index contributed by atoms with van der Waals surface area (Å²) in [5, 5.41) is 0. The number of methoxy groups -OCH3 is 1. The van der Waals surface area contributed by atoms with Gasteiger partial charge in [0.05, 0.1) is 11.6 Å². The SMILES string of the molecule is COCC1CCN(C2(CN)CCOC2C)CC1. The summed E-state index contributed by atoms with van der Waals surface area (Å²) in [7, 11) is 1.79. The second-order valence-electron chi connectivity index (χ2n) is 5.46. The third-order valence-corrected chi connectivity index (χ3v) is 4.66. The van der Waals surface area contributed by atoms with Gasteiger partial charge in [0.15, 0.2) is 0 Å². The van der Waals surface area contributed by atoms with Gasteiger partial charge in [-0.25, -0.2) is 0 Å². The van der Waals surface area contributed by atoms with Gasteiger partial charge in [-0.1, -0.05) is 0 Å². The Morgan fingerprint density at radius 3 is 2.59 bits per heavy atom. The molecule has 2 heterocycles. The molecule has 2 aliphatic rings. The summed E-state index contributed by atoms with van der Waals surface area (Å²) in [6.07, 6.45) is 3.80. The van der Waals surface area contributed by atoms with Crippen molar-refractivity contribution in [3.63, 3.8) is 0 Å². The van der Waals surface area contributed by atoms with Crippen LogP contribution in [0.15, 0.2) is 0 Å². The fourth-order valence-corrected chi connectivity index (χ4v) is 3.36. The summed E-state index contributed by atoms with van der Waals surface area (Å²) in [5.41, 5.74) is 6.13. The molecule has 0 aromatic carbocycles. The Labute approximate surface area is 104 Å². The maximum Gasteiger partial charge on any atom is 0.0743 e. The number of piperidine rings is 1. The zero-order valence-corrected chi connectivity index (χ0v) is 11.2. The zero-order valence-electron chi connectivity index (χ0n) is 11.2. The van der Waals surface area contributed by atoms with Crippen molar-refractivity contribution in [2.45, 2.75) is 37.8 Å². The van der Waals surface area contributed by atoms with Crippen LogP contribution >= 0.6 is 0 Å². The molecule has 17 heavy (non-hydrogen) atoms. The predicted molar refractivity (Wildman–Crippen MR) is 68.0 cm³/mol. The molecular weight excluding hydrogens is 216 g/mol. The van der Waals surface area contributed by atoms with E-state index in [1.54, 1.807) is 7.11 Å². The first kappa shape index (κ1) is 13.3. The largest absolute Gasteiger partial charge is 0.384 e. The van der Waals surface area contributed by atoms with Crippen LogP contribution in [-0.2, 0) is 9.47 Å². The van der Waals surface area contributed by atoms with Gasteiger partial charge < -0.3 is 15.2 Å². The van der Waals surface area contributed by atoms with Crippen LogP contribution in [-0.4, -0.2) is 56.5 Å². The van der Waals surface area contributed by atoms with E-state index in [1.165, 1.54) is 12.8 Å². The Hall–Kier alpha value is -0.160. The molecule has 0 aliphatic carbocycles. The minimum absolute atomic E-state index is 0.0953. The Morgan fingerprint density at radius 1 is 1.41 bits per heavy atom. The molecule has 100 valence electrons. The van der Waals surface area contributed by atoms with E-state index in [1.807, 2.05) is 0 Å². The first-order chi connectivity index (χ1) is 8.23. The van der Waals surface area contributed by atoms with Crippen molar-refractivity contribution in [2.75, 3.05) is 40.0 Å². The number of nitrogens with two attached hydrogens (primary N) is 1. The molecule has 0 radical (unpaired) electrons. The smallest absolute Gasteiger partial charge is 0.0743 e. The van der Waals surface area contributed by atoms with Gasteiger partial charge in [0.1, 0.15) is 0 Å². The summed E-state index contributed by atoms with van der Waals surface area (Å²) in [5.74, 6) is 0.726. The summed E-state index contributed by atoms with van der Waals surface area (Å²) < 4.78 is 11.0. The minimum atomic E-state index is 0.0953. The summed E-state index contributed by atoms with van der Waals surface area (Å²) in [6, 6.07) is 0. The Kier molecular flexibility index (Phi) is 4.42. The van der Waals surface area contributed by atoms with Crippen molar-refractivity contribution in [3.05, 3.63) is 0 Å². The van der Waals surface area contributed by atoms with Crippen molar-refractivity contribution in [3.8, 4) is 0 Å². The molecule has 2 atom stereocenters. The summed E-state index contributed by atoms with van der Waals surface area (Å²) in [6.45, 7) is 6.91. The predicted octanol–water partition coefficient (Wildman–Crippen LogP) is 0.851. The monoisotopic (exact) mass is 242 g/mol. The van der Waals surface area contributed by atoms with Crippen LogP contribution in [0.4, 0.5) is 0 Å². The minimum Gasteiger partial charge on any atom is -0.384 e. The molecule has 2 N–H and O–H groups in total. The zero-order chi connectivity index (χ0) is 12.3. The van der Waals surface area contributed by atoms with Gasteiger partial charge in [-0.15, -0.1) is 0 Å². The van der Waals surface area contributed by atoms with Crippen molar-refractivity contribution < 1.29 is 9.47 Å². The van der Waals surface area contributed by atoms with E-state index in [4.69, 9.17) is 15.2 Å². The number of ether oxygens (including phenoxy) is 2. The third kappa shape index (κ3) is 2.50. The highest BCUT2D eigenvalue weighted by molar-refractivity contribution is 5.01. The van der Waals surface area contributed by atoms with Gasteiger partial charge in [-0.2, -0.15) is 0 Å².